The van der Waals surface area contributed by atoms with Crippen molar-refractivity contribution >= 4 is 30.3 Å². The fourth-order valence-electron chi connectivity index (χ4n) is 8.16. The molecule has 1 aliphatic carbocycles. The van der Waals surface area contributed by atoms with E-state index in [1.54, 1.807) is 83.1 Å². The minimum atomic E-state index is -1.93. The van der Waals surface area contributed by atoms with Gasteiger partial charge in [-0.1, -0.05) is 30.3 Å². The number of rotatable bonds is 17. The molecule has 0 spiro atoms. The molecule has 3 fully saturated rings. The Balaban J connectivity index is 1.74. The maximum Gasteiger partial charge on any atom is 0.408 e. The molecule has 0 radical (unpaired) electrons. The summed E-state index contributed by atoms with van der Waals surface area (Å²) in [6, 6.07) is 4.52. The van der Waals surface area contributed by atoms with Gasteiger partial charge in [-0.05, 0) is 114 Å². The molecule has 4 rings (SSSR count). The third-order valence-corrected chi connectivity index (χ3v) is 11.2. The van der Waals surface area contributed by atoms with Crippen LogP contribution in [0.4, 0.5) is 19.2 Å². The molecule has 0 aromatic heterocycles. The molecule has 2 saturated heterocycles. The fourth-order valence-corrected chi connectivity index (χ4v) is 8.16. The summed E-state index contributed by atoms with van der Waals surface area (Å²) in [5, 5.41) is 73.3. The number of nitrogens with one attached hydrogen (secondary N) is 6. The number of amides is 5. The lowest BCUT2D eigenvalue weighted by molar-refractivity contribution is -0.316. The molecule has 3 aliphatic rings. The quantitative estimate of drug-likeness (QED) is 0.0989. The highest BCUT2D eigenvalue weighted by atomic mass is 16.7. The van der Waals surface area contributed by atoms with Gasteiger partial charge in [0.1, 0.15) is 65.1 Å². The molecule has 24 nitrogen and oxygen atoms in total. The van der Waals surface area contributed by atoms with Crippen molar-refractivity contribution in [2.75, 3.05) is 19.7 Å². The molecule has 73 heavy (non-hydrogen) atoms. The van der Waals surface area contributed by atoms with Crippen molar-refractivity contribution in [2.45, 2.75) is 223 Å². The van der Waals surface area contributed by atoms with Crippen LogP contribution in [0.15, 0.2) is 30.3 Å². The van der Waals surface area contributed by atoms with Crippen molar-refractivity contribution in [3.8, 4) is 0 Å². The summed E-state index contributed by atoms with van der Waals surface area (Å²) in [6.45, 7) is 19.6. The van der Waals surface area contributed by atoms with Crippen molar-refractivity contribution in [3.05, 3.63) is 35.9 Å². The highest BCUT2D eigenvalue weighted by molar-refractivity contribution is 5.81. The van der Waals surface area contributed by atoms with Gasteiger partial charge in [-0.15, -0.1) is 0 Å². The molecule has 11 N–H and O–H groups in total. The SMILES string of the molecule is CC(C)(C)OC(=O)NCC[C@H](O)C(=O)N[C@@H]1C[C@H](NC(=O)OC(C)(C)C)C(O[C@@H]2OC(CNCc3ccccc3)CCC2NC(=O)OC(C)(C)C)C(O)[C@@H]1O[C@@H]1OC(CO)[C@H](O)[C@H](NC(=O)OC(C)(C)C)C1O. The number of hydrogen-bond acceptors (Lipinski definition) is 19. The van der Waals surface area contributed by atoms with E-state index in [1.165, 1.54) is 0 Å². The number of aliphatic hydroxyl groups is 5. The summed E-state index contributed by atoms with van der Waals surface area (Å²) in [4.78, 5) is 66.0. The van der Waals surface area contributed by atoms with E-state index < -0.39 is 145 Å². The lowest BCUT2D eigenvalue weighted by atomic mass is 9.83. The van der Waals surface area contributed by atoms with Crippen LogP contribution in [0.5, 0.6) is 0 Å². The second-order valence-electron chi connectivity index (χ2n) is 22.5. The van der Waals surface area contributed by atoms with Crippen molar-refractivity contribution in [2.24, 2.45) is 0 Å². The van der Waals surface area contributed by atoms with E-state index in [1.807, 2.05) is 30.3 Å². The molecule has 14 atom stereocenters. The maximum absolute atomic E-state index is 13.9. The van der Waals surface area contributed by atoms with Gasteiger partial charge in [-0.25, -0.2) is 19.2 Å². The van der Waals surface area contributed by atoms with E-state index in [0.717, 1.165) is 5.56 Å². The van der Waals surface area contributed by atoms with Crippen LogP contribution in [0, 0.1) is 0 Å². The van der Waals surface area contributed by atoms with Crippen molar-refractivity contribution in [3.63, 3.8) is 0 Å². The highest BCUT2D eigenvalue weighted by Gasteiger charge is 2.54. The minimum Gasteiger partial charge on any atom is -0.444 e. The summed E-state index contributed by atoms with van der Waals surface area (Å²) in [5.74, 6) is -1.01. The Morgan fingerprint density at radius 3 is 1.68 bits per heavy atom. The molecule has 5 amide bonds. The van der Waals surface area contributed by atoms with Gasteiger partial charge < -0.3 is 95.3 Å². The van der Waals surface area contributed by atoms with E-state index in [2.05, 4.69) is 31.9 Å². The summed E-state index contributed by atoms with van der Waals surface area (Å²) >= 11 is 0. The second-order valence-corrected chi connectivity index (χ2v) is 22.5. The number of alkyl carbamates (subject to hydrolysis) is 4. The zero-order valence-electron chi connectivity index (χ0n) is 44.2. The standard InChI is InChI=1S/C49H82N6O18/c1-46(2,3)70-42(62)51-21-20-31(57)39(61)52-29-22-30(54-44(64)72-48(7,8)9)38(36(60)37(29)69-41-35(59)33(34(58)32(25-56)67-41)55-45(65)73-49(10,11)12)68-40-28(53-43(63)71-47(4,5)6)19-18-27(66-40)24-50-23-26-16-14-13-15-17-26/h13-17,27-38,40-41,50,56-60H,18-25H2,1-12H3,(H,51,62)(H,52,61)(H,53,63)(H,54,64)(H,55,65)/t27?,28?,29-,30+,31+,32?,33+,34+,35?,36?,37-,38?,40+,41+/m1/s1. The van der Waals surface area contributed by atoms with Crippen LogP contribution in [0.1, 0.15) is 114 Å². The van der Waals surface area contributed by atoms with E-state index in [0.29, 0.717) is 25.9 Å². The molecular weight excluding hydrogens is 961 g/mol. The fraction of sp³-hybridized carbons (Fsp3) is 0.776. The van der Waals surface area contributed by atoms with Gasteiger partial charge in [0.15, 0.2) is 12.6 Å². The van der Waals surface area contributed by atoms with Crippen LogP contribution >= 0.6 is 0 Å². The average Bonchev–Trinajstić information content (AvgIpc) is 3.24. The first-order valence-corrected chi connectivity index (χ1v) is 24.8. The summed E-state index contributed by atoms with van der Waals surface area (Å²) in [6.07, 6.45) is -19.3. The Labute approximate surface area is 427 Å². The van der Waals surface area contributed by atoms with Gasteiger partial charge in [0, 0.05) is 19.6 Å². The lowest BCUT2D eigenvalue weighted by Gasteiger charge is -2.49. The first-order valence-electron chi connectivity index (χ1n) is 24.8. The first kappa shape index (κ1) is 60.9. The molecule has 2 heterocycles. The predicted octanol–water partition coefficient (Wildman–Crippen LogP) is 1.70. The molecule has 416 valence electrons. The zero-order valence-corrected chi connectivity index (χ0v) is 44.2. The average molecular weight is 1040 g/mol. The molecule has 6 unspecified atom stereocenters. The number of carbonyl (C=O) groups is 5. The summed E-state index contributed by atoms with van der Waals surface area (Å²) in [5.41, 5.74) is -2.68. The minimum absolute atomic E-state index is 0.197. The van der Waals surface area contributed by atoms with Gasteiger partial charge in [-0.3, -0.25) is 4.79 Å². The predicted molar refractivity (Wildman–Crippen MR) is 260 cm³/mol. The molecule has 1 saturated carbocycles. The van der Waals surface area contributed by atoms with Gasteiger partial charge in [0.25, 0.3) is 0 Å². The van der Waals surface area contributed by atoms with E-state index in [4.69, 9.17) is 37.9 Å². The largest absolute Gasteiger partial charge is 0.444 e. The van der Waals surface area contributed by atoms with Crippen LogP contribution in [0.3, 0.4) is 0 Å². The first-order chi connectivity index (χ1) is 33.8. The maximum atomic E-state index is 13.9. The Morgan fingerprint density at radius 2 is 1.14 bits per heavy atom. The molecule has 2 aliphatic heterocycles. The van der Waals surface area contributed by atoms with E-state index in [-0.39, 0.29) is 19.4 Å². The number of ether oxygens (including phenoxy) is 8. The number of hydrogen-bond donors (Lipinski definition) is 11. The van der Waals surface area contributed by atoms with Gasteiger partial charge in [-0.2, -0.15) is 0 Å². The number of benzene rings is 1. The van der Waals surface area contributed by atoms with Crippen LogP contribution < -0.4 is 31.9 Å². The smallest absolute Gasteiger partial charge is 0.408 e. The monoisotopic (exact) mass is 1040 g/mol. The zero-order chi connectivity index (χ0) is 54.6. The van der Waals surface area contributed by atoms with Crippen LogP contribution in [-0.4, -0.2) is 183 Å². The number of aliphatic hydroxyl groups excluding tert-OH is 5. The van der Waals surface area contributed by atoms with Crippen molar-refractivity contribution in [1.82, 2.24) is 31.9 Å². The third-order valence-electron chi connectivity index (χ3n) is 11.2. The second kappa shape index (κ2) is 26.2. The highest BCUT2D eigenvalue weighted by Crippen LogP contribution is 2.34. The van der Waals surface area contributed by atoms with Gasteiger partial charge in [0.2, 0.25) is 5.91 Å². The third kappa shape index (κ3) is 20.5. The number of carbonyl (C=O) groups excluding carboxylic acids is 5. The van der Waals surface area contributed by atoms with Crippen LogP contribution in [0.2, 0.25) is 0 Å². The topological polar surface area (TPSA) is 333 Å². The van der Waals surface area contributed by atoms with Crippen molar-refractivity contribution in [1.29, 1.82) is 0 Å². The Kier molecular flexibility index (Phi) is 21.9. The Bertz CT molecular complexity index is 1940. The van der Waals surface area contributed by atoms with Crippen LogP contribution in [-0.2, 0) is 49.2 Å². The van der Waals surface area contributed by atoms with Crippen molar-refractivity contribution < 1.29 is 87.4 Å². The summed E-state index contributed by atoms with van der Waals surface area (Å²) < 4.78 is 47.1. The molecular formula is C49H82N6O18. The summed E-state index contributed by atoms with van der Waals surface area (Å²) in [7, 11) is 0. The molecule has 0 bridgehead atoms. The normalized spacial score (nSPS) is 29.4. The molecule has 24 heteroatoms. The Hall–Kier alpha value is -4.63. The Morgan fingerprint density at radius 1 is 0.630 bits per heavy atom. The van der Waals surface area contributed by atoms with Crippen LogP contribution in [0.25, 0.3) is 0 Å². The van der Waals surface area contributed by atoms with Gasteiger partial charge >= 0.3 is 24.4 Å². The van der Waals surface area contributed by atoms with E-state index >= 15 is 0 Å². The van der Waals surface area contributed by atoms with Gasteiger partial charge in [0.05, 0.1) is 36.9 Å². The van der Waals surface area contributed by atoms with E-state index in [9.17, 15) is 49.5 Å². The molecule has 1 aromatic carbocycles. The molecule has 1 aromatic rings. The lowest BCUT2D eigenvalue weighted by Crippen LogP contribution is -2.70.